The summed E-state index contributed by atoms with van der Waals surface area (Å²) in [5.41, 5.74) is 0. The molecule has 0 aromatic heterocycles. The van der Waals surface area contributed by atoms with Gasteiger partial charge in [-0.1, -0.05) is 0 Å². The summed E-state index contributed by atoms with van der Waals surface area (Å²) in [6.45, 7) is 0.311. The molecule has 2 unspecified atom stereocenters. The minimum absolute atomic E-state index is 0.437. The molecule has 1 rings (SSSR count). The van der Waals surface area contributed by atoms with Crippen LogP contribution in [-0.2, 0) is 4.79 Å². The summed E-state index contributed by atoms with van der Waals surface area (Å²) in [4.78, 5) is 11.7. The zero-order valence-corrected chi connectivity index (χ0v) is 7.78. The van der Waals surface area contributed by atoms with Gasteiger partial charge >= 0.3 is 5.97 Å². The Bertz CT molecular complexity index is 235. The number of carboxylic acids is 1. The van der Waals surface area contributed by atoms with Crippen LogP contribution in [0.5, 0.6) is 0 Å². The Kier molecular flexibility index (Phi) is 3.06. The number of nitrogens with zero attached hydrogens (tertiary/aromatic N) is 1. The Morgan fingerprint density at radius 1 is 1.71 bits per heavy atom. The van der Waals surface area contributed by atoms with Gasteiger partial charge in [-0.3, -0.25) is 9.69 Å². The van der Waals surface area contributed by atoms with Crippen LogP contribution in [0.1, 0.15) is 13.3 Å². The number of alkyl halides is 2. The number of aliphatic carboxylic acids is 1. The van der Waals surface area contributed by atoms with E-state index in [1.807, 2.05) is 0 Å². The van der Waals surface area contributed by atoms with Gasteiger partial charge in [0.15, 0.2) is 0 Å². The second-order valence-corrected chi connectivity index (χ2v) is 3.58. The average molecular weight is 209 g/mol. The summed E-state index contributed by atoms with van der Waals surface area (Å²) >= 11 is 0. The monoisotopic (exact) mass is 209 g/mol. The second-order valence-electron chi connectivity index (χ2n) is 3.58. The van der Waals surface area contributed by atoms with Gasteiger partial charge in [-0.15, -0.1) is 0 Å². The van der Waals surface area contributed by atoms with Crippen molar-refractivity contribution in [2.45, 2.75) is 31.4 Å². The lowest BCUT2D eigenvalue weighted by Crippen LogP contribution is -2.44. The molecule has 1 aliphatic heterocycles. The maximum atomic E-state index is 12.9. The van der Waals surface area contributed by atoms with E-state index in [1.54, 1.807) is 0 Å². The first-order valence-electron chi connectivity index (χ1n) is 4.34. The van der Waals surface area contributed by atoms with Crippen LogP contribution in [0.25, 0.3) is 0 Å². The molecule has 1 heterocycles. The molecule has 0 radical (unpaired) electrons. The Hall–Kier alpha value is -0.750. The Balaban J connectivity index is 2.73. The normalized spacial score (nSPS) is 29.0. The highest BCUT2D eigenvalue weighted by Gasteiger charge is 2.47. The fraction of sp³-hybridized carbons (Fsp3) is 0.875. The molecule has 0 aromatic carbocycles. The molecule has 4 nitrogen and oxygen atoms in total. The highest BCUT2D eigenvalue weighted by Crippen LogP contribution is 2.33. The van der Waals surface area contributed by atoms with Crippen molar-refractivity contribution in [3.8, 4) is 0 Å². The largest absolute Gasteiger partial charge is 0.480 e. The van der Waals surface area contributed by atoms with E-state index in [0.717, 1.165) is 4.90 Å². The number of aliphatic hydroxyl groups is 1. The minimum atomic E-state index is -2.89. The molecular weight excluding hydrogens is 196 g/mol. The fourth-order valence-corrected chi connectivity index (χ4v) is 1.69. The number of aliphatic hydroxyl groups excluding tert-OH is 1. The van der Waals surface area contributed by atoms with Crippen LogP contribution < -0.4 is 0 Å². The predicted molar refractivity (Wildman–Crippen MR) is 44.2 cm³/mol. The molecule has 0 amide bonds. The predicted octanol–water partition coefficient (Wildman–Crippen LogP) is 0.161. The number of carbonyl (C=O) groups is 1. The highest BCUT2D eigenvalue weighted by atomic mass is 19.3. The first kappa shape index (κ1) is 11.3. The smallest absolute Gasteiger partial charge is 0.320 e. The molecule has 0 aliphatic carbocycles. The summed E-state index contributed by atoms with van der Waals surface area (Å²) in [5.74, 6) is -4.04. The van der Waals surface area contributed by atoms with Gasteiger partial charge in [-0.2, -0.15) is 0 Å². The quantitative estimate of drug-likeness (QED) is 0.695. The van der Waals surface area contributed by atoms with E-state index >= 15 is 0 Å². The van der Waals surface area contributed by atoms with Crippen LogP contribution in [0.2, 0.25) is 0 Å². The van der Waals surface area contributed by atoms with E-state index < -0.39 is 43.5 Å². The van der Waals surface area contributed by atoms with E-state index in [0.29, 0.717) is 0 Å². The van der Waals surface area contributed by atoms with Crippen LogP contribution in [0.15, 0.2) is 0 Å². The van der Waals surface area contributed by atoms with E-state index in [1.165, 1.54) is 6.92 Å². The van der Waals surface area contributed by atoms with Crippen molar-refractivity contribution in [2.24, 2.45) is 0 Å². The molecule has 0 bridgehead atoms. The van der Waals surface area contributed by atoms with Gasteiger partial charge < -0.3 is 10.2 Å². The van der Waals surface area contributed by atoms with Crippen molar-refractivity contribution < 1.29 is 23.8 Å². The molecule has 1 saturated heterocycles. The van der Waals surface area contributed by atoms with Crippen molar-refractivity contribution in [2.75, 3.05) is 13.2 Å². The summed E-state index contributed by atoms with van der Waals surface area (Å²) in [6.07, 6.45) is -0.471. The summed E-state index contributed by atoms with van der Waals surface area (Å²) in [6, 6.07) is -1.74. The van der Waals surface area contributed by atoms with Crippen molar-refractivity contribution in [3.63, 3.8) is 0 Å². The Morgan fingerprint density at radius 2 is 2.29 bits per heavy atom. The third kappa shape index (κ3) is 2.19. The third-order valence-corrected chi connectivity index (χ3v) is 2.48. The number of hydrogen-bond donors (Lipinski definition) is 2. The Labute approximate surface area is 80.1 Å². The van der Waals surface area contributed by atoms with Gasteiger partial charge in [-0.05, 0) is 6.92 Å². The van der Waals surface area contributed by atoms with Gasteiger partial charge in [0.25, 0.3) is 5.92 Å². The molecular formula is C8H13F2NO3. The summed E-state index contributed by atoms with van der Waals surface area (Å²) < 4.78 is 25.8. The van der Waals surface area contributed by atoms with Crippen molar-refractivity contribution in [3.05, 3.63) is 0 Å². The molecule has 0 saturated carbocycles. The zero-order valence-electron chi connectivity index (χ0n) is 7.78. The lowest BCUT2D eigenvalue weighted by molar-refractivity contribution is -0.143. The topological polar surface area (TPSA) is 60.8 Å². The lowest BCUT2D eigenvalue weighted by Gasteiger charge is -2.25. The number of likely N-dealkylation sites (tertiary alicyclic amines) is 1. The highest BCUT2D eigenvalue weighted by molar-refractivity contribution is 5.73. The first-order chi connectivity index (χ1) is 6.37. The fourth-order valence-electron chi connectivity index (χ4n) is 1.69. The van der Waals surface area contributed by atoms with Crippen molar-refractivity contribution >= 4 is 5.97 Å². The van der Waals surface area contributed by atoms with Gasteiger partial charge in [0.1, 0.15) is 6.04 Å². The molecule has 2 atom stereocenters. The first-order valence-corrected chi connectivity index (χ1v) is 4.34. The number of hydrogen-bond acceptors (Lipinski definition) is 3. The van der Waals surface area contributed by atoms with E-state index in [9.17, 15) is 13.6 Å². The van der Waals surface area contributed by atoms with Gasteiger partial charge in [0, 0.05) is 12.5 Å². The van der Waals surface area contributed by atoms with Crippen LogP contribution >= 0.6 is 0 Å². The maximum absolute atomic E-state index is 12.9. The van der Waals surface area contributed by atoms with Crippen LogP contribution in [0.4, 0.5) is 8.78 Å². The van der Waals surface area contributed by atoms with E-state index in [2.05, 4.69) is 0 Å². The molecule has 14 heavy (non-hydrogen) atoms. The van der Waals surface area contributed by atoms with Crippen LogP contribution in [0, 0.1) is 0 Å². The van der Waals surface area contributed by atoms with Gasteiger partial charge in [0.05, 0.1) is 13.2 Å². The second kappa shape index (κ2) is 3.78. The molecule has 1 aliphatic rings. The van der Waals surface area contributed by atoms with Gasteiger partial charge in [-0.25, -0.2) is 8.78 Å². The molecule has 1 fully saturated rings. The molecule has 6 heteroatoms. The molecule has 2 N–H and O–H groups in total. The Morgan fingerprint density at radius 3 is 2.71 bits per heavy atom. The SMILES string of the molecule is CC(C(=O)O)N1CC(F)(F)CC1CO. The number of rotatable bonds is 3. The van der Waals surface area contributed by atoms with Gasteiger partial charge in [0.2, 0.25) is 0 Å². The summed E-state index contributed by atoms with van der Waals surface area (Å²) in [7, 11) is 0. The van der Waals surface area contributed by atoms with Crippen molar-refractivity contribution in [1.82, 2.24) is 4.90 Å². The lowest BCUT2D eigenvalue weighted by atomic mass is 10.2. The van der Waals surface area contributed by atoms with Crippen molar-refractivity contribution in [1.29, 1.82) is 0 Å². The molecule has 0 spiro atoms. The molecule has 82 valence electrons. The minimum Gasteiger partial charge on any atom is -0.480 e. The molecule has 0 aromatic rings. The zero-order chi connectivity index (χ0) is 10.9. The van der Waals surface area contributed by atoms with E-state index in [-0.39, 0.29) is 0 Å². The third-order valence-electron chi connectivity index (χ3n) is 2.48. The summed E-state index contributed by atoms with van der Waals surface area (Å²) in [5, 5.41) is 17.5. The van der Waals surface area contributed by atoms with Crippen LogP contribution in [-0.4, -0.2) is 52.2 Å². The van der Waals surface area contributed by atoms with E-state index in [4.69, 9.17) is 10.2 Å². The standard InChI is InChI=1S/C8H13F2NO3/c1-5(7(13)14)11-4-8(9,10)2-6(11)3-12/h5-6,12H,2-4H2,1H3,(H,13,14). The average Bonchev–Trinajstić information content (AvgIpc) is 2.39. The number of carboxylic acid groups (broad SMARTS) is 1. The van der Waals surface area contributed by atoms with Crippen LogP contribution in [0.3, 0.4) is 0 Å². The number of halogens is 2. The maximum Gasteiger partial charge on any atom is 0.320 e.